The lowest BCUT2D eigenvalue weighted by molar-refractivity contribution is 0.467. The average Bonchev–Trinajstić information content (AvgIpc) is 2.37. The number of hydrogen-bond acceptors (Lipinski definition) is 3. The van der Waals surface area contributed by atoms with Crippen LogP contribution in [0.25, 0.3) is 0 Å². The smallest absolute Gasteiger partial charge is 0.135 e. The van der Waals surface area contributed by atoms with Crippen molar-refractivity contribution < 1.29 is 9.13 Å². The van der Waals surface area contributed by atoms with Crippen molar-refractivity contribution in [3.8, 4) is 11.5 Å². The first-order chi connectivity index (χ1) is 9.10. The van der Waals surface area contributed by atoms with E-state index in [1.54, 1.807) is 25.3 Å². The first kappa shape index (κ1) is 13.5. The molecule has 0 atom stereocenters. The zero-order valence-electron chi connectivity index (χ0n) is 11.3. The van der Waals surface area contributed by atoms with Gasteiger partial charge in [-0.05, 0) is 32.5 Å². The molecule has 0 fully saturated rings. The van der Waals surface area contributed by atoms with Crippen molar-refractivity contribution in [1.82, 2.24) is 10.3 Å². The van der Waals surface area contributed by atoms with Gasteiger partial charge >= 0.3 is 0 Å². The Bertz CT molecular complexity index is 584. The fraction of sp³-hybridized carbons (Fsp3) is 0.267. The van der Waals surface area contributed by atoms with Crippen molar-refractivity contribution in [3.05, 3.63) is 53.1 Å². The lowest BCUT2D eigenvalue weighted by atomic mass is 10.2. The molecule has 1 heterocycles. The average molecular weight is 260 g/mol. The Morgan fingerprint density at radius 1 is 1.26 bits per heavy atom. The third-order valence-electron chi connectivity index (χ3n) is 2.82. The van der Waals surface area contributed by atoms with E-state index in [9.17, 15) is 4.39 Å². The Kier molecular flexibility index (Phi) is 4.12. The predicted octanol–water partition coefficient (Wildman–Crippen LogP) is 3.35. The lowest BCUT2D eigenvalue weighted by Crippen LogP contribution is -2.07. The van der Waals surface area contributed by atoms with Crippen molar-refractivity contribution in [1.29, 1.82) is 0 Å². The van der Waals surface area contributed by atoms with E-state index in [0.29, 0.717) is 23.6 Å². The summed E-state index contributed by atoms with van der Waals surface area (Å²) in [6.07, 6.45) is 1.77. The second kappa shape index (κ2) is 5.80. The Hall–Kier alpha value is -1.94. The molecule has 19 heavy (non-hydrogen) atoms. The normalized spacial score (nSPS) is 10.5. The predicted molar refractivity (Wildman–Crippen MR) is 72.9 cm³/mol. The maximum Gasteiger partial charge on any atom is 0.135 e. The van der Waals surface area contributed by atoms with Crippen LogP contribution >= 0.6 is 0 Å². The van der Waals surface area contributed by atoms with Gasteiger partial charge in [0.05, 0.1) is 0 Å². The summed E-state index contributed by atoms with van der Waals surface area (Å²) in [6.45, 7) is 4.27. The van der Waals surface area contributed by atoms with Crippen LogP contribution in [-0.2, 0) is 6.54 Å². The highest BCUT2D eigenvalue weighted by Crippen LogP contribution is 2.26. The minimum atomic E-state index is -0.265. The largest absolute Gasteiger partial charge is 0.457 e. The number of benzene rings is 1. The maximum absolute atomic E-state index is 13.5. The van der Waals surface area contributed by atoms with Crippen molar-refractivity contribution >= 4 is 0 Å². The molecule has 0 amide bonds. The van der Waals surface area contributed by atoms with Gasteiger partial charge in [0.1, 0.15) is 17.3 Å². The number of aryl methyl sites for hydroxylation is 2. The number of halogens is 1. The molecule has 0 radical (unpaired) electrons. The first-order valence-electron chi connectivity index (χ1n) is 6.14. The van der Waals surface area contributed by atoms with E-state index >= 15 is 0 Å². The molecule has 0 saturated heterocycles. The molecule has 0 bridgehead atoms. The van der Waals surface area contributed by atoms with E-state index in [0.717, 1.165) is 11.3 Å². The maximum atomic E-state index is 13.5. The molecule has 4 heteroatoms. The molecule has 0 spiro atoms. The van der Waals surface area contributed by atoms with E-state index < -0.39 is 0 Å². The van der Waals surface area contributed by atoms with Crippen LogP contribution < -0.4 is 10.1 Å². The highest BCUT2D eigenvalue weighted by Gasteiger charge is 2.07. The van der Waals surface area contributed by atoms with Crippen molar-refractivity contribution in [2.45, 2.75) is 20.4 Å². The van der Waals surface area contributed by atoms with E-state index in [-0.39, 0.29) is 5.82 Å². The Morgan fingerprint density at radius 3 is 2.74 bits per heavy atom. The SMILES string of the molecule is CNCc1cnc(C)cc1Oc1ccc(C)c(F)c1. The topological polar surface area (TPSA) is 34.2 Å². The summed E-state index contributed by atoms with van der Waals surface area (Å²) >= 11 is 0. The third kappa shape index (κ3) is 3.29. The van der Waals surface area contributed by atoms with Gasteiger partial charge < -0.3 is 10.1 Å². The summed E-state index contributed by atoms with van der Waals surface area (Å²) < 4.78 is 19.3. The molecule has 3 nitrogen and oxygen atoms in total. The van der Waals surface area contributed by atoms with Crippen LogP contribution in [-0.4, -0.2) is 12.0 Å². The monoisotopic (exact) mass is 260 g/mol. The molecule has 1 aromatic heterocycles. The van der Waals surface area contributed by atoms with Crippen LogP contribution in [0.15, 0.2) is 30.5 Å². The van der Waals surface area contributed by atoms with Crippen LogP contribution in [0.1, 0.15) is 16.8 Å². The Balaban J connectivity index is 2.30. The van der Waals surface area contributed by atoms with Crippen molar-refractivity contribution in [2.24, 2.45) is 0 Å². The Morgan fingerprint density at radius 2 is 2.05 bits per heavy atom. The highest BCUT2D eigenvalue weighted by atomic mass is 19.1. The van der Waals surface area contributed by atoms with Crippen LogP contribution in [0.4, 0.5) is 4.39 Å². The summed E-state index contributed by atoms with van der Waals surface area (Å²) in [4.78, 5) is 4.24. The molecule has 0 aliphatic rings. The van der Waals surface area contributed by atoms with Crippen molar-refractivity contribution in [3.63, 3.8) is 0 Å². The van der Waals surface area contributed by atoms with E-state index in [2.05, 4.69) is 10.3 Å². The van der Waals surface area contributed by atoms with Gasteiger partial charge in [0.2, 0.25) is 0 Å². The number of aromatic nitrogens is 1. The van der Waals surface area contributed by atoms with Gasteiger partial charge in [0.15, 0.2) is 0 Å². The van der Waals surface area contributed by atoms with Crippen molar-refractivity contribution in [2.75, 3.05) is 7.05 Å². The lowest BCUT2D eigenvalue weighted by Gasteiger charge is -2.12. The number of rotatable bonds is 4. The van der Waals surface area contributed by atoms with Gasteiger partial charge in [-0.2, -0.15) is 0 Å². The molecular weight excluding hydrogens is 243 g/mol. The second-order valence-electron chi connectivity index (χ2n) is 4.48. The standard InChI is InChI=1S/C15H17FN2O/c1-10-4-5-13(7-14(10)16)19-15-6-11(2)18-9-12(15)8-17-3/h4-7,9,17H,8H2,1-3H3. The first-order valence-corrected chi connectivity index (χ1v) is 6.14. The van der Waals surface area contributed by atoms with Crippen LogP contribution in [0, 0.1) is 19.7 Å². The highest BCUT2D eigenvalue weighted by molar-refractivity contribution is 5.38. The zero-order valence-corrected chi connectivity index (χ0v) is 11.3. The van der Waals surface area contributed by atoms with E-state index in [1.807, 2.05) is 20.0 Å². The van der Waals surface area contributed by atoms with Crippen LogP contribution in [0.2, 0.25) is 0 Å². The van der Waals surface area contributed by atoms with Gasteiger partial charge in [-0.3, -0.25) is 4.98 Å². The summed E-state index contributed by atoms with van der Waals surface area (Å²) in [5.41, 5.74) is 2.41. The number of hydrogen-bond donors (Lipinski definition) is 1. The number of nitrogens with one attached hydrogen (secondary N) is 1. The molecule has 0 unspecified atom stereocenters. The van der Waals surface area contributed by atoms with E-state index in [1.165, 1.54) is 6.07 Å². The van der Waals surface area contributed by atoms with Crippen LogP contribution in [0.3, 0.4) is 0 Å². The second-order valence-corrected chi connectivity index (χ2v) is 4.48. The molecule has 1 aromatic carbocycles. The molecule has 100 valence electrons. The summed E-state index contributed by atoms with van der Waals surface area (Å²) in [5.74, 6) is 0.926. The fourth-order valence-electron chi connectivity index (χ4n) is 1.75. The van der Waals surface area contributed by atoms with Crippen LogP contribution in [0.5, 0.6) is 11.5 Å². The zero-order chi connectivity index (χ0) is 13.8. The molecule has 0 aliphatic carbocycles. The van der Waals surface area contributed by atoms with E-state index in [4.69, 9.17) is 4.74 Å². The molecule has 1 N–H and O–H groups in total. The molecule has 0 saturated carbocycles. The summed E-state index contributed by atoms with van der Waals surface area (Å²) in [5, 5.41) is 3.06. The molecular formula is C15H17FN2O. The molecule has 2 aromatic rings. The minimum Gasteiger partial charge on any atom is -0.457 e. The summed E-state index contributed by atoms with van der Waals surface area (Å²) in [6, 6.07) is 6.71. The third-order valence-corrected chi connectivity index (χ3v) is 2.82. The number of ether oxygens (including phenoxy) is 1. The summed E-state index contributed by atoms with van der Waals surface area (Å²) in [7, 11) is 1.86. The number of pyridine rings is 1. The van der Waals surface area contributed by atoms with Gasteiger partial charge in [0.25, 0.3) is 0 Å². The minimum absolute atomic E-state index is 0.265. The molecule has 0 aliphatic heterocycles. The quantitative estimate of drug-likeness (QED) is 0.915. The number of nitrogens with zero attached hydrogens (tertiary/aromatic N) is 1. The van der Waals surface area contributed by atoms with Gasteiger partial charge in [0, 0.05) is 36.1 Å². The Labute approximate surface area is 112 Å². The van der Waals surface area contributed by atoms with Gasteiger partial charge in [-0.15, -0.1) is 0 Å². The fourth-order valence-corrected chi connectivity index (χ4v) is 1.75. The molecule has 2 rings (SSSR count). The van der Waals surface area contributed by atoms with Gasteiger partial charge in [-0.25, -0.2) is 4.39 Å². The van der Waals surface area contributed by atoms with Gasteiger partial charge in [-0.1, -0.05) is 6.07 Å².